The molecule has 3 aromatic rings. The Balaban J connectivity index is 1.47. The number of carbonyl (C=O) groups excluding carboxylic acids is 2. The maximum absolute atomic E-state index is 12.2. The van der Waals surface area contributed by atoms with Gasteiger partial charge >= 0.3 is 0 Å². The van der Waals surface area contributed by atoms with Crippen LogP contribution in [0.3, 0.4) is 0 Å². The van der Waals surface area contributed by atoms with Crippen molar-refractivity contribution < 1.29 is 9.59 Å². The van der Waals surface area contributed by atoms with Crippen molar-refractivity contribution >= 4 is 50.9 Å². The summed E-state index contributed by atoms with van der Waals surface area (Å²) < 4.78 is 1.03. The summed E-state index contributed by atoms with van der Waals surface area (Å²) in [6, 6.07) is 24.4. The number of hydrogen-bond donors (Lipinski definition) is 2. The summed E-state index contributed by atoms with van der Waals surface area (Å²) in [6.45, 7) is 1.83. The molecule has 2 amide bonds. The van der Waals surface area contributed by atoms with Crippen molar-refractivity contribution in [2.45, 2.75) is 12.7 Å². The minimum atomic E-state index is -0.161. The van der Waals surface area contributed by atoms with Gasteiger partial charge in [0.05, 0.1) is 11.5 Å². The van der Waals surface area contributed by atoms with E-state index >= 15 is 0 Å². The normalized spacial score (nSPS) is 11.1. The Bertz CT molecular complexity index is 1070. The van der Waals surface area contributed by atoms with Crippen molar-refractivity contribution in [1.29, 1.82) is 0 Å². The van der Waals surface area contributed by atoms with E-state index in [1.54, 1.807) is 12.1 Å². The third-order valence-corrected chi connectivity index (χ3v) is 5.83. The molecule has 0 radical (unpaired) electrons. The van der Waals surface area contributed by atoms with Crippen molar-refractivity contribution in [2.24, 2.45) is 5.10 Å². The van der Waals surface area contributed by atoms with Gasteiger partial charge in [0.2, 0.25) is 5.91 Å². The van der Waals surface area contributed by atoms with Crippen LogP contribution in [-0.2, 0) is 10.5 Å². The van der Waals surface area contributed by atoms with Gasteiger partial charge in [-0.2, -0.15) is 5.10 Å². The fraction of sp³-hybridized carbons (Fsp3) is 0.125. The summed E-state index contributed by atoms with van der Waals surface area (Å²) in [5, 5.41) is 7.04. The number of hydrazone groups is 1. The van der Waals surface area contributed by atoms with Crippen LogP contribution in [-0.4, -0.2) is 23.3 Å². The molecule has 0 aliphatic rings. The molecule has 0 aromatic heterocycles. The zero-order chi connectivity index (χ0) is 22.1. The maximum Gasteiger partial charge on any atom is 0.255 e. The third kappa shape index (κ3) is 7.38. The Morgan fingerprint density at radius 2 is 1.68 bits per heavy atom. The zero-order valence-corrected chi connectivity index (χ0v) is 19.4. The molecular weight excluding hydrogens is 474 g/mol. The Hall–Kier alpha value is -2.90. The monoisotopic (exact) mass is 495 g/mol. The van der Waals surface area contributed by atoms with E-state index < -0.39 is 0 Å². The van der Waals surface area contributed by atoms with Crippen LogP contribution in [0, 0.1) is 0 Å². The predicted molar refractivity (Wildman–Crippen MR) is 131 cm³/mol. The van der Waals surface area contributed by atoms with Gasteiger partial charge in [0, 0.05) is 21.5 Å². The SMILES string of the molecule is C/C(=N/NC(=O)CSCc1cccc(Br)c1)c1ccc(NC(=O)c2ccccc2)cc1. The second-order valence-electron chi connectivity index (χ2n) is 6.75. The molecule has 0 unspecified atom stereocenters. The van der Waals surface area contributed by atoms with Crippen LogP contribution in [0.25, 0.3) is 0 Å². The van der Waals surface area contributed by atoms with Gasteiger partial charge in [-0.25, -0.2) is 5.43 Å². The molecule has 2 N–H and O–H groups in total. The smallest absolute Gasteiger partial charge is 0.255 e. The van der Waals surface area contributed by atoms with E-state index in [1.165, 1.54) is 11.8 Å². The van der Waals surface area contributed by atoms with Crippen molar-refractivity contribution in [3.05, 3.63) is 100 Å². The Labute approximate surface area is 194 Å². The fourth-order valence-corrected chi connectivity index (χ4v) is 3.93. The maximum atomic E-state index is 12.2. The van der Waals surface area contributed by atoms with Crippen molar-refractivity contribution in [1.82, 2.24) is 5.43 Å². The average molecular weight is 496 g/mol. The molecule has 158 valence electrons. The summed E-state index contributed by atoms with van der Waals surface area (Å²) in [6.07, 6.45) is 0. The minimum absolute atomic E-state index is 0.147. The second-order valence-corrected chi connectivity index (χ2v) is 8.65. The Morgan fingerprint density at radius 3 is 2.39 bits per heavy atom. The fourth-order valence-electron chi connectivity index (χ4n) is 2.72. The first kappa shape index (κ1) is 22.8. The first-order valence-corrected chi connectivity index (χ1v) is 11.6. The van der Waals surface area contributed by atoms with E-state index in [9.17, 15) is 9.59 Å². The average Bonchev–Trinajstić information content (AvgIpc) is 2.78. The number of nitrogens with one attached hydrogen (secondary N) is 2. The summed E-state index contributed by atoms with van der Waals surface area (Å²) in [4.78, 5) is 24.3. The lowest BCUT2D eigenvalue weighted by atomic mass is 10.1. The van der Waals surface area contributed by atoms with E-state index in [0.29, 0.717) is 22.7 Å². The zero-order valence-electron chi connectivity index (χ0n) is 17.0. The van der Waals surface area contributed by atoms with Gasteiger partial charge in [-0.15, -0.1) is 11.8 Å². The summed E-state index contributed by atoms with van der Waals surface area (Å²) >= 11 is 4.98. The number of hydrogen-bond acceptors (Lipinski definition) is 4. The highest BCUT2D eigenvalue weighted by Crippen LogP contribution is 2.17. The van der Waals surface area contributed by atoms with Crippen LogP contribution in [0.2, 0.25) is 0 Å². The van der Waals surface area contributed by atoms with E-state index in [0.717, 1.165) is 21.4 Å². The molecule has 0 bridgehead atoms. The van der Waals surface area contributed by atoms with Gasteiger partial charge in [-0.1, -0.05) is 58.4 Å². The summed E-state index contributed by atoms with van der Waals surface area (Å²) in [7, 11) is 0. The third-order valence-electron chi connectivity index (χ3n) is 4.34. The molecular formula is C24H22BrN3O2S. The summed E-state index contributed by atoms with van der Waals surface area (Å²) in [5.41, 5.74) is 6.60. The first-order chi connectivity index (χ1) is 15.0. The molecule has 31 heavy (non-hydrogen) atoms. The van der Waals surface area contributed by atoms with Gasteiger partial charge in [0.15, 0.2) is 0 Å². The van der Waals surface area contributed by atoms with Gasteiger partial charge in [0.1, 0.15) is 0 Å². The Kier molecular flexibility index (Phi) is 8.44. The van der Waals surface area contributed by atoms with Crippen LogP contribution in [0.1, 0.15) is 28.4 Å². The highest BCUT2D eigenvalue weighted by atomic mass is 79.9. The molecule has 0 atom stereocenters. The number of rotatable bonds is 8. The van der Waals surface area contributed by atoms with Crippen LogP contribution in [0.5, 0.6) is 0 Å². The molecule has 0 heterocycles. The molecule has 0 saturated carbocycles. The lowest BCUT2D eigenvalue weighted by Crippen LogP contribution is -2.21. The largest absolute Gasteiger partial charge is 0.322 e. The van der Waals surface area contributed by atoms with E-state index in [2.05, 4.69) is 31.8 Å². The molecule has 3 rings (SSSR count). The molecule has 0 aliphatic heterocycles. The van der Waals surface area contributed by atoms with Gasteiger partial charge in [-0.05, 0) is 54.4 Å². The number of carbonyl (C=O) groups is 2. The molecule has 5 nitrogen and oxygen atoms in total. The molecule has 0 saturated heterocycles. The molecule has 0 aliphatic carbocycles. The quantitative estimate of drug-likeness (QED) is 0.321. The van der Waals surface area contributed by atoms with Crippen LogP contribution < -0.4 is 10.7 Å². The summed E-state index contributed by atoms with van der Waals surface area (Å²) in [5.74, 6) is 0.775. The van der Waals surface area contributed by atoms with Gasteiger partial charge in [0.25, 0.3) is 5.91 Å². The topological polar surface area (TPSA) is 70.6 Å². The van der Waals surface area contributed by atoms with Gasteiger partial charge in [-0.3, -0.25) is 9.59 Å². The van der Waals surface area contributed by atoms with Crippen LogP contribution >= 0.6 is 27.7 Å². The molecule has 3 aromatic carbocycles. The molecule has 0 fully saturated rings. The number of anilines is 1. The van der Waals surface area contributed by atoms with Crippen LogP contribution in [0.15, 0.2) is 88.4 Å². The van der Waals surface area contributed by atoms with E-state index in [4.69, 9.17) is 0 Å². The minimum Gasteiger partial charge on any atom is -0.322 e. The predicted octanol–water partition coefficient (Wildman–Crippen LogP) is 5.48. The molecule has 0 spiro atoms. The molecule has 7 heteroatoms. The van der Waals surface area contributed by atoms with E-state index in [-0.39, 0.29) is 11.8 Å². The van der Waals surface area contributed by atoms with Crippen LogP contribution in [0.4, 0.5) is 5.69 Å². The number of amides is 2. The second kappa shape index (κ2) is 11.5. The number of thioether (sulfide) groups is 1. The Morgan fingerprint density at radius 1 is 0.935 bits per heavy atom. The highest BCUT2D eigenvalue weighted by molar-refractivity contribution is 9.10. The standard InChI is InChI=1S/C24H22BrN3O2S/c1-17(27-28-23(29)16-31-15-18-6-5-9-21(25)14-18)19-10-12-22(13-11-19)26-24(30)20-7-3-2-4-8-20/h2-14H,15-16H2,1H3,(H,26,30)(H,28,29)/b27-17-. The number of halogens is 1. The lowest BCUT2D eigenvalue weighted by Gasteiger charge is -2.07. The highest BCUT2D eigenvalue weighted by Gasteiger charge is 2.06. The van der Waals surface area contributed by atoms with E-state index in [1.807, 2.05) is 73.7 Å². The van der Waals surface area contributed by atoms with Crippen molar-refractivity contribution in [2.75, 3.05) is 11.1 Å². The van der Waals surface area contributed by atoms with Crippen molar-refractivity contribution in [3.63, 3.8) is 0 Å². The lowest BCUT2D eigenvalue weighted by molar-refractivity contribution is -0.118. The number of nitrogens with zero attached hydrogens (tertiary/aromatic N) is 1. The first-order valence-electron chi connectivity index (χ1n) is 9.63. The number of benzene rings is 3. The van der Waals surface area contributed by atoms with Crippen molar-refractivity contribution in [3.8, 4) is 0 Å². The van der Waals surface area contributed by atoms with Gasteiger partial charge < -0.3 is 5.32 Å².